The smallest absolute Gasteiger partial charge is 0.267 e. The SMILES string of the molecule is CC.Cc1nc(Nc2ncc(C(=O)Nc3c(C)cccc3Cl)s2)cc(-c2c(C)noc2C)n1. The number of para-hydroxylation sites is 1. The summed E-state index contributed by atoms with van der Waals surface area (Å²) in [5.74, 6) is 1.55. The molecule has 0 saturated carbocycles. The van der Waals surface area contributed by atoms with E-state index in [4.69, 9.17) is 16.1 Å². The van der Waals surface area contributed by atoms with Crippen molar-refractivity contribution in [2.24, 2.45) is 0 Å². The van der Waals surface area contributed by atoms with Gasteiger partial charge in [-0.2, -0.15) is 0 Å². The number of anilines is 3. The fraction of sp³-hybridized carbons (Fsp3) is 0.261. The van der Waals surface area contributed by atoms with Crippen molar-refractivity contribution < 1.29 is 9.32 Å². The van der Waals surface area contributed by atoms with Gasteiger partial charge in [-0.3, -0.25) is 4.79 Å². The van der Waals surface area contributed by atoms with Crippen molar-refractivity contribution in [2.45, 2.75) is 41.5 Å². The fourth-order valence-electron chi connectivity index (χ4n) is 3.12. The molecule has 4 aromatic rings. The van der Waals surface area contributed by atoms with E-state index in [0.717, 1.165) is 16.8 Å². The number of nitrogens with one attached hydrogen (secondary N) is 2. The minimum atomic E-state index is -0.281. The number of rotatable bonds is 5. The quantitative estimate of drug-likeness (QED) is 0.333. The van der Waals surface area contributed by atoms with Crippen molar-refractivity contribution in [3.63, 3.8) is 0 Å². The Labute approximate surface area is 201 Å². The molecule has 3 aromatic heterocycles. The second-order valence-electron chi connectivity index (χ2n) is 6.93. The standard InChI is InChI=1S/C21H19ClN6O2S.C2H6/c1-10-6-5-7-14(22)19(10)27-20(29)16-9-23-21(31-16)26-17-8-15(24-13(4)25-17)18-11(2)28-30-12(18)3;1-2/h5-9H,1-4H3,(H,27,29)(H,23,24,25,26);1-2H3. The number of hydrogen-bond donors (Lipinski definition) is 2. The number of aromatic nitrogens is 4. The van der Waals surface area contributed by atoms with Crippen LogP contribution in [-0.4, -0.2) is 26.0 Å². The van der Waals surface area contributed by atoms with Crippen molar-refractivity contribution in [1.82, 2.24) is 20.1 Å². The van der Waals surface area contributed by atoms with Crippen LogP contribution in [0.2, 0.25) is 5.02 Å². The molecule has 4 rings (SSSR count). The molecule has 0 radical (unpaired) electrons. The Kier molecular flexibility index (Phi) is 7.78. The lowest BCUT2D eigenvalue weighted by Gasteiger charge is -2.09. The van der Waals surface area contributed by atoms with Crippen LogP contribution in [0.3, 0.4) is 0 Å². The lowest BCUT2D eigenvalue weighted by Crippen LogP contribution is -2.11. The maximum atomic E-state index is 12.7. The Morgan fingerprint density at radius 3 is 2.55 bits per heavy atom. The van der Waals surface area contributed by atoms with E-state index < -0.39 is 0 Å². The zero-order valence-electron chi connectivity index (χ0n) is 19.3. The average Bonchev–Trinajstić information content (AvgIpc) is 3.38. The molecule has 0 bridgehead atoms. The van der Waals surface area contributed by atoms with Crippen molar-refractivity contribution in [1.29, 1.82) is 0 Å². The first-order chi connectivity index (χ1) is 15.8. The molecule has 0 saturated heterocycles. The highest BCUT2D eigenvalue weighted by atomic mass is 35.5. The lowest BCUT2D eigenvalue weighted by atomic mass is 10.1. The number of carbonyl (C=O) groups is 1. The van der Waals surface area contributed by atoms with Gasteiger partial charge in [-0.15, -0.1) is 0 Å². The molecule has 1 aromatic carbocycles. The van der Waals surface area contributed by atoms with Crippen LogP contribution in [0.4, 0.5) is 16.6 Å². The maximum Gasteiger partial charge on any atom is 0.267 e. The Morgan fingerprint density at radius 2 is 1.88 bits per heavy atom. The molecule has 3 heterocycles. The molecular formula is C23H25ClN6O2S. The molecule has 1 amide bonds. The summed E-state index contributed by atoms with van der Waals surface area (Å²) in [6.45, 7) is 11.4. The molecule has 0 aliphatic heterocycles. The molecule has 33 heavy (non-hydrogen) atoms. The third-order valence-electron chi connectivity index (χ3n) is 4.55. The number of thiazole rings is 1. The Morgan fingerprint density at radius 1 is 1.12 bits per heavy atom. The zero-order valence-corrected chi connectivity index (χ0v) is 20.9. The second-order valence-corrected chi connectivity index (χ2v) is 8.36. The first-order valence-corrected chi connectivity index (χ1v) is 11.6. The van der Waals surface area contributed by atoms with Crippen LogP contribution in [0.25, 0.3) is 11.3 Å². The summed E-state index contributed by atoms with van der Waals surface area (Å²) < 4.78 is 5.25. The second kappa shape index (κ2) is 10.5. The average molecular weight is 485 g/mol. The highest BCUT2D eigenvalue weighted by Crippen LogP contribution is 2.30. The number of hydrogen-bond acceptors (Lipinski definition) is 8. The van der Waals surface area contributed by atoms with Crippen molar-refractivity contribution in [2.75, 3.05) is 10.6 Å². The summed E-state index contributed by atoms with van der Waals surface area (Å²) in [4.78, 5) is 26.3. The molecular weight excluding hydrogens is 460 g/mol. The van der Waals surface area contributed by atoms with E-state index in [1.165, 1.54) is 17.5 Å². The van der Waals surface area contributed by atoms with Gasteiger partial charge < -0.3 is 15.2 Å². The molecule has 8 nitrogen and oxygen atoms in total. The van der Waals surface area contributed by atoms with Gasteiger partial charge in [-0.05, 0) is 39.3 Å². The number of carbonyl (C=O) groups excluding carboxylic acids is 1. The highest BCUT2D eigenvalue weighted by Gasteiger charge is 2.17. The largest absolute Gasteiger partial charge is 0.361 e. The normalized spacial score (nSPS) is 10.4. The Balaban J connectivity index is 0.00000149. The van der Waals surface area contributed by atoms with Gasteiger partial charge in [-0.25, -0.2) is 15.0 Å². The summed E-state index contributed by atoms with van der Waals surface area (Å²) in [5.41, 5.74) is 3.77. The topological polar surface area (TPSA) is 106 Å². The first-order valence-electron chi connectivity index (χ1n) is 10.4. The number of halogens is 1. The summed E-state index contributed by atoms with van der Waals surface area (Å²) in [5, 5.41) is 11.0. The molecule has 0 fully saturated rings. The number of nitrogens with zero attached hydrogens (tertiary/aromatic N) is 4. The number of amides is 1. The van der Waals surface area contributed by atoms with Crippen LogP contribution in [0.1, 0.15) is 46.4 Å². The maximum absolute atomic E-state index is 12.7. The van der Waals surface area contributed by atoms with Crippen LogP contribution in [-0.2, 0) is 0 Å². The predicted octanol–water partition coefficient (Wildman–Crippen LogP) is 6.50. The van der Waals surface area contributed by atoms with E-state index >= 15 is 0 Å². The zero-order chi connectivity index (χ0) is 24.1. The minimum absolute atomic E-state index is 0.281. The van der Waals surface area contributed by atoms with Crippen molar-refractivity contribution >= 4 is 45.5 Å². The van der Waals surface area contributed by atoms with Gasteiger partial charge in [0.15, 0.2) is 5.13 Å². The highest BCUT2D eigenvalue weighted by molar-refractivity contribution is 7.17. The number of aryl methyl sites for hydroxylation is 4. The molecule has 0 atom stereocenters. The van der Waals surface area contributed by atoms with Gasteiger partial charge in [0.1, 0.15) is 22.3 Å². The Hall–Kier alpha value is -3.30. The van der Waals surface area contributed by atoms with Crippen LogP contribution in [0.15, 0.2) is 35.0 Å². The lowest BCUT2D eigenvalue weighted by molar-refractivity contribution is 0.103. The van der Waals surface area contributed by atoms with E-state index in [1.807, 2.05) is 46.8 Å². The molecule has 172 valence electrons. The minimum Gasteiger partial charge on any atom is -0.361 e. The van der Waals surface area contributed by atoms with Crippen molar-refractivity contribution in [3.8, 4) is 11.3 Å². The van der Waals surface area contributed by atoms with Gasteiger partial charge in [0.25, 0.3) is 5.91 Å². The van der Waals surface area contributed by atoms with E-state index in [1.54, 1.807) is 19.1 Å². The monoisotopic (exact) mass is 484 g/mol. The molecule has 0 unspecified atom stereocenters. The third kappa shape index (κ3) is 5.55. The molecule has 2 N–H and O–H groups in total. The summed E-state index contributed by atoms with van der Waals surface area (Å²) in [6.07, 6.45) is 1.51. The van der Waals surface area contributed by atoms with E-state index in [0.29, 0.717) is 43.8 Å². The molecule has 0 aliphatic carbocycles. The van der Waals surface area contributed by atoms with Crippen LogP contribution < -0.4 is 10.6 Å². The fourth-order valence-corrected chi connectivity index (χ4v) is 4.11. The first kappa shape index (κ1) is 24.3. The Bertz CT molecular complexity index is 1240. The van der Waals surface area contributed by atoms with Gasteiger partial charge in [-0.1, -0.05) is 54.1 Å². The van der Waals surface area contributed by atoms with Gasteiger partial charge in [0, 0.05) is 6.07 Å². The van der Waals surface area contributed by atoms with E-state index in [2.05, 4.69) is 30.7 Å². The van der Waals surface area contributed by atoms with Gasteiger partial charge >= 0.3 is 0 Å². The molecule has 10 heteroatoms. The molecule has 0 spiro atoms. The van der Waals surface area contributed by atoms with Crippen LogP contribution in [0, 0.1) is 27.7 Å². The number of benzene rings is 1. The van der Waals surface area contributed by atoms with Gasteiger partial charge in [0.2, 0.25) is 0 Å². The third-order valence-corrected chi connectivity index (χ3v) is 5.78. The summed E-state index contributed by atoms with van der Waals surface area (Å²) in [7, 11) is 0. The van der Waals surface area contributed by atoms with Crippen LogP contribution in [0.5, 0.6) is 0 Å². The van der Waals surface area contributed by atoms with Crippen LogP contribution >= 0.6 is 22.9 Å². The van der Waals surface area contributed by atoms with E-state index in [-0.39, 0.29) is 5.91 Å². The predicted molar refractivity (Wildman–Crippen MR) is 133 cm³/mol. The molecule has 0 aliphatic rings. The summed E-state index contributed by atoms with van der Waals surface area (Å²) in [6, 6.07) is 7.25. The van der Waals surface area contributed by atoms with Gasteiger partial charge in [0.05, 0.1) is 33.9 Å². The van der Waals surface area contributed by atoms with Crippen molar-refractivity contribution in [3.05, 3.63) is 63.2 Å². The van der Waals surface area contributed by atoms with E-state index in [9.17, 15) is 4.79 Å². The summed E-state index contributed by atoms with van der Waals surface area (Å²) >= 11 is 7.42.